The molecule has 1 atom stereocenters. The van der Waals surface area contributed by atoms with Crippen LogP contribution in [-0.4, -0.2) is 42.6 Å². The third-order valence-electron chi connectivity index (χ3n) is 3.36. The maximum absolute atomic E-state index is 12.3. The SMILES string of the molecule is CC(C(=O)c1ccc2c(c1)OCO2)N(C)C(=O)CC(F)(F)F. The molecule has 1 aliphatic heterocycles. The van der Waals surface area contributed by atoms with Gasteiger partial charge in [0, 0.05) is 12.6 Å². The van der Waals surface area contributed by atoms with Gasteiger partial charge in [0.05, 0.1) is 6.04 Å². The van der Waals surface area contributed by atoms with E-state index in [1.165, 1.54) is 26.1 Å². The first kappa shape index (κ1) is 16.1. The number of halogens is 3. The van der Waals surface area contributed by atoms with Gasteiger partial charge in [-0.25, -0.2) is 0 Å². The highest BCUT2D eigenvalue weighted by Crippen LogP contribution is 2.33. The van der Waals surface area contributed by atoms with Crippen molar-refractivity contribution in [2.24, 2.45) is 0 Å². The van der Waals surface area contributed by atoms with Crippen LogP contribution in [0.2, 0.25) is 0 Å². The van der Waals surface area contributed by atoms with Gasteiger partial charge in [-0.05, 0) is 25.1 Å². The normalized spacial score (nSPS) is 14.6. The molecule has 0 saturated heterocycles. The Labute approximate surface area is 124 Å². The average molecular weight is 317 g/mol. The number of ketones is 1. The number of carbonyl (C=O) groups excluding carboxylic acids is 2. The number of hydrogen-bond acceptors (Lipinski definition) is 4. The highest BCUT2D eigenvalue weighted by atomic mass is 19.4. The number of alkyl halides is 3. The standard InChI is InChI=1S/C14H14F3NO4/c1-8(18(2)12(19)6-14(15,16)17)13(20)9-3-4-10-11(5-9)22-7-21-10/h3-5,8H,6-7H2,1-2H3. The summed E-state index contributed by atoms with van der Waals surface area (Å²) in [5.74, 6) is -0.751. The van der Waals surface area contributed by atoms with Gasteiger partial charge in [0.1, 0.15) is 6.42 Å². The largest absolute Gasteiger partial charge is 0.454 e. The van der Waals surface area contributed by atoms with Gasteiger partial charge in [-0.15, -0.1) is 0 Å². The van der Waals surface area contributed by atoms with E-state index in [0.29, 0.717) is 11.5 Å². The molecule has 0 aliphatic carbocycles. The number of rotatable bonds is 4. The first-order chi connectivity index (χ1) is 10.2. The molecule has 0 N–H and O–H groups in total. The summed E-state index contributed by atoms with van der Waals surface area (Å²) in [6.45, 7) is 1.42. The van der Waals surface area contributed by atoms with Crippen molar-refractivity contribution >= 4 is 11.7 Å². The van der Waals surface area contributed by atoms with E-state index in [1.807, 2.05) is 0 Å². The molecule has 1 amide bonds. The van der Waals surface area contributed by atoms with Gasteiger partial charge in [0.25, 0.3) is 0 Å². The number of fused-ring (bicyclic) bond motifs is 1. The van der Waals surface area contributed by atoms with Crippen LogP contribution in [0.1, 0.15) is 23.7 Å². The first-order valence-electron chi connectivity index (χ1n) is 6.45. The number of ether oxygens (including phenoxy) is 2. The molecule has 0 aromatic heterocycles. The molecule has 1 aromatic rings. The Morgan fingerprint density at radius 2 is 1.91 bits per heavy atom. The molecule has 0 bridgehead atoms. The maximum Gasteiger partial charge on any atom is 0.397 e. The zero-order valence-corrected chi connectivity index (χ0v) is 11.9. The van der Waals surface area contributed by atoms with Crippen LogP contribution in [0.4, 0.5) is 13.2 Å². The maximum atomic E-state index is 12.3. The van der Waals surface area contributed by atoms with Crippen molar-refractivity contribution in [2.75, 3.05) is 13.8 Å². The van der Waals surface area contributed by atoms with Crippen LogP contribution < -0.4 is 9.47 Å². The monoisotopic (exact) mass is 317 g/mol. The molecule has 1 aliphatic rings. The summed E-state index contributed by atoms with van der Waals surface area (Å²) < 4.78 is 47.0. The third-order valence-corrected chi connectivity index (χ3v) is 3.36. The van der Waals surface area contributed by atoms with Crippen molar-refractivity contribution in [2.45, 2.75) is 25.6 Å². The fourth-order valence-corrected chi connectivity index (χ4v) is 1.98. The third kappa shape index (κ3) is 3.49. The molecule has 1 heterocycles. The highest BCUT2D eigenvalue weighted by molar-refractivity contribution is 6.02. The quantitative estimate of drug-likeness (QED) is 0.800. The minimum absolute atomic E-state index is 0.0481. The molecule has 0 radical (unpaired) electrons. The average Bonchev–Trinajstić information content (AvgIpc) is 2.90. The van der Waals surface area contributed by atoms with E-state index in [1.54, 1.807) is 6.07 Å². The van der Waals surface area contributed by atoms with Gasteiger partial charge in [0.2, 0.25) is 12.7 Å². The van der Waals surface area contributed by atoms with Gasteiger partial charge in [0.15, 0.2) is 17.3 Å². The van der Waals surface area contributed by atoms with Crippen LogP contribution in [0, 0.1) is 0 Å². The summed E-state index contributed by atoms with van der Waals surface area (Å²) in [4.78, 5) is 24.6. The van der Waals surface area contributed by atoms with E-state index in [2.05, 4.69) is 0 Å². The lowest BCUT2D eigenvalue weighted by atomic mass is 10.0. The van der Waals surface area contributed by atoms with Crippen LogP contribution in [0.3, 0.4) is 0 Å². The molecule has 1 unspecified atom stereocenters. The predicted molar refractivity (Wildman–Crippen MR) is 69.8 cm³/mol. The Balaban J connectivity index is 2.10. The zero-order valence-electron chi connectivity index (χ0n) is 11.9. The number of hydrogen-bond donors (Lipinski definition) is 0. The molecule has 120 valence electrons. The lowest BCUT2D eigenvalue weighted by Gasteiger charge is -2.24. The Kier molecular flexibility index (Phi) is 4.30. The highest BCUT2D eigenvalue weighted by Gasteiger charge is 2.35. The lowest BCUT2D eigenvalue weighted by molar-refractivity contribution is -0.161. The van der Waals surface area contributed by atoms with Crippen molar-refractivity contribution in [1.82, 2.24) is 4.90 Å². The Morgan fingerprint density at radius 1 is 1.27 bits per heavy atom. The van der Waals surface area contributed by atoms with E-state index in [4.69, 9.17) is 9.47 Å². The summed E-state index contributed by atoms with van der Waals surface area (Å²) in [6, 6.07) is 3.45. The second-order valence-electron chi connectivity index (χ2n) is 4.90. The van der Waals surface area contributed by atoms with Crippen molar-refractivity contribution in [3.63, 3.8) is 0 Å². The van der Waals surface area contributed by atoms with Crippen molar-refractivity contribution in [3.05, 3.63) is 23.8 Å². The number of carbonyl (C=O) groups is 2. The fraction of sp³-hybridized carbons (Fsp3) is 0.429. The predicted octanol–water partition coefficient (Wildman–Crippen LogP) is 2.40. The second kappa shape index (κ2) is 5.86. The Bertz CT molecular complexity index is 600. The van der Waals surface area contributed by atoms with Crippen molar-refractivity contribution < 1.29 is 32.2 Å². The summed E-state index contributed by atoms with van der Waals surface area (Å²) >= 11 is 0. The molecule has 5 nitrogen and oxygen atoms in total. The second-order valence-corrected chi connectivity index (χ2v) is 4.90. The Hall–Kier alpha value is -2.25. The van der Waals surface area contributed by atoms with E-state index in [-0.39, 0.29) is 12.4 Å². The van der Waals surface area contributed by atoms with Gasteiger partial charge in [-0.3, -0.25) is 9.59 Å². The molecule has 0 spiro atoms. The summed E-state index contributed by atoms with van der Waals surface area (Å²) in [7, 11) is 1.17. The molecular weight excluding hydrogens is 303 g/mol. The number of benzene rings is 1. The number of Topliss-reactive ketones (excluding diaryl/α,β-unsaturated/α-hetero) is 1. The smallest absolute Gasteiger partial charge is 0.397 e. The molecule has 2 rings (SSSR count). The summed E-state index contributed by atoms with van der Waals surface area (Å²) in [5.41, 5.74) is 0.239. The van der Waals surface area contributed by atoms with E-state index in [9.17, 15) is 22.8 Å². The lowest BCUT2D eigenvalue weighted by Crippen LogP contribution is -2.42. The van der Waals surface area contributed by atoms with Crippen molar-refractivity contribution in [1.29, 1.82) is 0 Å². The molecule has 0 fully saturated rings. The van der Waals surface area contributed by atoms with Crippen LogP contribution >= 0.6 is 0 Å². The first-order valence-corrected chi connectivity index (χ1v) is 6.45. The molecule has 0 saturated carbocycles. The molecule has 1 aromatic carbocycles. The van der Waals surface area contributed by atoms with E-state index < -0.39 is 30.3 Å². The van der Waals surface area contributed by atoms with Crippen LogP contribution in [-0.2, 0) is 4.79 Å². The summed E-state index contributed by atoms with van der Waals surface area (Å²) in [5, 5.41) is 0. The number of likely N-dealkylation sites (N-methyl/N-ethyl adjacent to an activating group) is 1. The number of amides is 1. The van der Waals surface area contributed by atoms with Crippen LogP contribution in [0.15, 0.2) is 18.2 Å². The number of nitrogens with zero attached hydrogens (tertiary/aromatic N) is 1. The fourth-order valence-electron chi connectivity index (χ4n) is 1.98. The van der Waals surface area contributed by atoms with Gasteiger partial charge < -0.3 is 14.4 Å². The topological polar surface area (TPSA) is 55.8 Å². The zero-order chi connectivity index (χ0) is 16.5. The van der Waals surface area contributed by atoms with E-state index in [0.717, 1.165) is 4.90 Å². The van der Waals surface area contributed by atoms with Gasteiger partial charge in [-0.1, -0.05) is 0 Å². The molecule has 22 heavy (non-hydrogen) atoms. The summed E-state index contributed by atoms with van der Waals surface area (Å²) in [6.07, 6.45) is -6.20. The van der Waals surface area contributed by atoms with Crippen LogP contribution in [0.25, 0.3) is 0 Å². The molecule has 8 heteroatoms. The molecular formula is C14H14F3NO4. The minimum atomic E-state index is -4.60. The van der Waals surface area contributed by atoms with Gasteiger partial charge >= 0.3 is 6.18 Å². The van der Waals surface area contributed by atoms with Crippen molar-refractivity contribution in [3.8, 4) is 11.5 Å². The van der Waals surface area contributed by atoms with Gasteiger partial charge in [-0.2, -0.15) is 13.2 Å². The van der Waals surface area contributed by atoms with Crippen LogP contribution in [0.5, 0.6) is 11.5 Å². The Morgan fingerprint density at radius 3 is 2.55 bits per heavy atom. The minimum Gasteiger partial charge on any atom is -0.454 e. The van der Waals surface area contributed by atoms with E-state index >= 15 is 0 Å².